The van der Waals surface area contributed by atoms with Crippen LogP contribution < -0.4 is 5.32 Å². The zero-order valence-electron chi connectivity index (χ0n) is 8.90. The number of amides is 1. The van der Waals surface area contributed by atoms with Gasteiger partial charge in [-0.1, -0.05) is 6.07 Å². The Morgan fingerprint density at radius 1 is 1.38 bits per heavy atom. The van der Waals surface area contributed by atoms with Crippen LogP contribution in [0.4, 0.5) is 0 Å². The molecule has 0 aromatic heterocycles. The van der Waals surface area contributed by atoms with Crippen molar-refractivity contribution < 1.29 is 13.2 Å². The lowest BCUT2D eigenvalue weighted by molar-refractivity contribution is 0.0943. The summed E-state index contributed by atoms with van der Waals surface area (Å²) in [7, 11) is 1.39. The lowest BCUT2D eigenvalue weighted by Gasteiger charge is -2.08. The lowest BCUT2D eigenvalue weighted by atomic mass is 10.2. The molecule has 1 rings (SSSR count). The minimum absolute atomic E-state index is 0.0104. The van der Waals surface area contributed by atoms with E-state index >= 15 is 0 Å². The molecule has 1 aromatic rings. The maximum Gasteiger partial charge on any atom is 0.261 e. The van der Waals surface area contributed by atoms with E-state index in [9.17, 15) is 13.2 Å². The Morgan fingerprint density at radius 2 is 2.00 bits per heavy atom. The highest BCUT2D eigenvalue weighted by molar-refractivity contribution is 8.13. The van der Waals surface area contributed by atoms with Crippen LogP contribution in [0, 0.1) is 0 Å². The highest BCUT2D eigenvalue weighted by Gasteiger charge is 2.13. The van der Waals surface area contributed by atoms with E-state index in [0.717, 1.165) is 0 Å². The van der Waals surface area contributed by atoms with Crippen LogP contribution in [-0.2, 0) is 9.05 Å². The number of nitrogens with one attached hydrogen (secondary N) is 1. The van der Waals surface area contributed by atoms with Crippen molar-refractivity contribution in [2.75, 3.05) is 0 Å². The van der Waals surface area contributed by atoms with Gasteiger partial charge >= 0.3 is 0 Å². The molecule has 1 aromatic carbocycles. The zero-order valence-corrected chi connectivity index (χ0v) is 10.5. The van der Waals surface area contributed by atoms with Crippen molar-refractivity contribution in [1.29, 1.82) is 0 Å². The summed E-state index contributed by atoms with van der Waals surface area (Å²) < 4.78 is 22.1. The fourth-order valence-electron chi connectivity index (χ4n) is 1.13. The molecule has 0 atom stereocenters. The van der Waals surface area contributed by atoms with Crippen LogP contribution >= 0.6 is 10.7 Å². The van der Waals surface area contributed by atoms with E-state index in [1.54, 1.807) is 0 Å². The molecule has 88 valence electrons. The molecule has 0 radical (unpaired) electrons. The quantitative estimate of drug-likeness (QED) is 0.843. The Morgan fingerprint density at radius 3 is 2.50 bits per heavy atom. The van der Waals surface area contributed by atoms with Crippen molar-refractivity contribution >= 4 is 25.6 Å². The van der Waals surface area contributed by atoms with Gasteiger partial charge in [-0.05, 0) is 32.0 Å². The number of carbonyl (C=O) groups excluding carboxylic acids is 1. The summed E-state index contributed by atoms with van der Waals surface area (Å²) in [5.74, 6) is -0.322. The Bertz CT molecular complexity index is 497. The van der Waals surface area contributed by atoms with E-state index in [1.807, 2.05) is 13.8 Å². The van der Waals surface area contributed by atoms with Crippen molar-refractivity contribution in [3.05, 3.63) is 29.8 Å². The molecule has 0 saturated heterocycles. The fourth-order valence-corrected chi connectivity index (χ4v) is 1.93. The molecule has 6 heteroatoms. The number of rotatable bonds is 3. The minimum atomic E-state index is -3.80. The number of benzene rings is 1. The first-order chi connectivity index (χ1) is 7.30. The molecule has 16 heavy (non-hydrogen) atoms. The molecule has 4 nitrogen and oxygen atoms in total. The van der Waals surface area contributed by atoms with Crippen molar-refractivity contribution in [3.63, 3.8) is 0 Å². The van der Waals surface area contributed by atoms with Crippen LogP contribution in [0.3, 0.4) is 0 Å². The van der Waals surface area contributed by atoms with Gasteiger partial charge in [0.05, 0.1) is 4.90 Å². The fraction of sp³-hybridized carbons (Fsp3) is 0.300. The SMILES string of the molecule is CC(C)NC(=O)c1cccc(S(=O)(=O)Cl)c1. The maximum absolute atomic E-state index is 11.6. The molecule has 1 N–H and O–H groups in total. The lowest BCUT2D eigenvalue weighted by Crippen LogP contribution is -2.30. The maximum atomic E-state index is 11.6. The minimum Gasteiger partial charge on any atom is -0.350 e. The van der Waals surface area contributed by atoms with Crippen LogP contribution in [0.25, 0.3) is 0 Å². The first-order valence-electron chi connectivity index (χ1n) is 4.66. The molecule has 0 unspecified atom stereocenters. The van der Waals surface area contributed by atoms with Gasteiger partial charge in [0.1, 0.15) is 0 Å². The van der Waals surface area contributed by atoms with Crippen LogP contribution in [-0.4, -0.2) is 20.4 Å². The normalized spacial score (nSPS) is 11.5. The van der Waals surface area contributed by atoms with E-state index in [2.05, 4.69) is 5.32 Å². The molecule has 0 spiro atoms. The monoisotopic (exact) mass is 261 g/mol. The highest BCUT2D eigenvalue weighted by atomic mass is 35.7. The van der Waals surface area contributed by atoms with Crippen molar-refractivity contribution in [1.82, 2.24) is 5.32 Å². The van der Waals surface area contributed by atoms with Crippen molar-refractivity contribution in [3.8, 4) is 0 Å². The van der Waals surface area contributed by atoms with Crippen LogP contribution in [0.15, 0.2) is 29.2 Å². The number of hydrogen-bond donors (Lipinski definition) is 1. The number of hydrogen-bond acceptors (Lipinski definition) is 3. The first kappa shape index (κ1) is 13.0. The third kappa shape index (κ3) is 3.50. The van der Waals surface area contributed by atoms with E-state index in [4.69, 9.17) is 10.7 Å². The Kier molecular flexibility index (Phi) is 3.93. The molecule has 0 aliphatic rings. The third-order valence-corrected chi connectivity index (χ3v) is 3.15. The molecule has 1 amide bonds. The molecule has 0 fully saturated rings. The van der Waals surface area contributed by atoms with Gasteiger partial charge in [-0.15, -0.1) is 0 Å². The average molecular weight is 262 g/mol. The van der Waals surface area contributed by atoms with Crippen LogP contribution in [0.5, 0.6) is 0 Å². The predicted octanol–water partition coefficient (Wildman–Crippen LogP) is 1.75. The van der Waals surface area contributed by atoms with Gasteiger partial charge in [0.25, 0.3) is 15.0 Å². The summed E-state index contributed by atoms with van der Waals surface area (Å²) in [5.41, 5.74) is 0.274. The standard InChI is InChI=1S/C10H12ClNO3S/c1-7(2)12-10(13)8-4-3-5-9(6-8)16(11,14)15/h3-7H,1-2H3,(H,12,13). The summed E-state index contributed by atoms with van der Waals surface area (Å²) in [6, 6.07) is 5.59. The summed E-state index contributed by atoms with van der Waals surface area (Å²) in [5, 5.41) is 2.66. The van der Waals surface area contributed by atoms with E-state index in [1.165, 1.54) is 24.3 Å². The molecule has 0 aliphatic carbocycles. The highest BCUT2D eigenvalue weighted by Crippen LogP contribution is 2.16. The van der Waals surface area contributed by atoms with E-state index in [0.29, 0.717) is 0 Å². The largest absolute Gasteiger partial charge is 0.350 e. The second-order valence-electron chi connectivity index (χ2n) is 3.59. The second-order valence-corrected chi connectivity index (χ2v) is 6.16. The third-order valence-electron chi connectivity index (χ3n) is 1.80. The predicted molar refractivity (Wildman–Crippen MR) is 62.1 cm³/mol. The van der Waals surface area contributed by atoms with Gasteiger partial charge < -0.3 is 5.32 Å². The van der Waals surface area contributed by atoms with Crippen molar-refractivity contribution in [2.45, 2.75) is 24.8 Å². The summed E-state index contributed by atoms with van der Waals surface area (Å²) in [6.07, 6.45) is 0. The van der Waals surface area contributed by atoms with Gasteiger partial charge in [0, 0.05) is 22.3 Å². The smallest absolute Gasteiger partial charge is 0.261 e. The Hall–Kier alpha value is -1.07. The zero-order chi connectivity index (χ0) is 12.3. The van der Waals surface area contributed by atoms with Crippen molar-refractivity contribution in [2.24, 2.45) is 0 Å². The summed E-state index contributed by atoms with van der Waals surface area (Å²) >= 11 is 0. The molecule has 0 saturated carbocycles. The van der Waals surface area contributed by atoms with Gasteiger partial charge in [-0.25, -0.2) is 8.42 Å². The summed E-state index contributed by atoms with van der Waals surface area (Å²) in [6.45, 7) is 3.64. The van der Waals surface area contributed by atoms with E-state index in [-0.39, 0.29) is 22.4 Å². The molecule has 0 heterocycles. The average Bonchev–Trinajstić information content (AvgIpc) is 2.15. The molecular weight excluding hydrogens is 250 g/mol. The second kappa shape index (κ2) is 4.84. The Balaban J connectivity index is 3.04. The van der Waals surface area contributed by atoms with Crippen LogP contribution in [0.2, 0.25) is 0 Å². The van der Waals surface area contributed by atoms with E-state index < -0.39 is 9.05 Å². The molecule has 0 aliphatic heterocycles. The molecular formula is C10H12ClNO3S. The molecule has 0 bridgehead atoms. The van der Waals surface area contributed by atoms with Gasteiger partial charge in [-0.2, -0.15) is 0 Å². The van der Waals surface area contributed by atoms with Gasteiger partial charge in [0.15, 0.2) is 0 Å². The summed E-state index contributed by atoms with van der Waals surface area (Å²) in [4.78, 5) is 11.5. The number of carbonyl (C=O) groups is 1. The van der Waals surface area contributed by atoms with Gasteiger partial charge in [-0.3, -0.25) is 4.79 Å². The number of halogens is 1. The topological polar surface area (TPSA) is 63.2 Å². The Labute approximate surface area is 99.0 Å². The van der Waals surface area contributed by atoms with Gasteiger partial charge in [0.2, 0.25) is 0 Å². The first-order valence-corrected chi connectivity index (χ1v) is 6.97. The van der Waals surface area contributed by atoms with Crippen LogP contribution in [0.1, 0.15) is 24.2 Å².